The third-order valence-corrected chi connectivity index (χ3v) is 3.54. The summed E-state index contributed by atoms with van der Waals surface area (Å²) in [7, 11) is 1.37. The zero-order valence-electron chi connectivity index (χ0n) is 12.7. The number of hydrogen-bond acceptors (Lipinski definition) is 4. The highest BCUT2D eigenvalue weighted by molar-refractivity contribution is 6.37. The molecular formula is C16H11Cl2F2NO4. The fraction of sp³-hybridized carbons (Fsp3) is 0.125. The van der Waals surface area contributed by atoms with Crippen molar-refractivity contribution >= 4 is 40.8 Å². The van der Waals surface area contributed by atoms with Crippen molar-refractivity contribution < 1.29 is 27.8 Å². The SMILES string of the molecule is COc1c(Cl)cc(C(=O)OCC(=O)Nc2ccc(F)cc2F)cc1Cl. The fourth-order valence-electron chi connectivity index (χ4n) is 1.86. The molecule has 0 heterocycles. The maximum absolute atomic E-state index is 13.4. The number of hydrogen-bond donors (Lipinski definition) is 1. The standard InChI is InChI=1S/C16H11Cl2F2NO4/c1-24-15-10(17)4-8(5-11(15)18)16(23)25-7-14(22)21-13-3-2-9(19)6-12(13)20/h2-6H,7H2,1H3,(H,21,22). The molecule has 0 spiro atoms. The van der Waals surface area contributed by atoms with Crippen LogP contribution in [0.2, 0.25) is 10.0 Å². The highest BCUT2D eigenvalue weighted by Gasteiger charge is 2.16. The topological polar surface area (TPSA) is 64.6 Å². The van der Waals surface area contributed by atoms with Crippen molar-refractivity contribution in [2.75, 3.05) is 19.0 Å². The summed E-state index contributed by atoms with van der Waals surface area (Å²) in [4.78, 5) is 23.6. The summed E-state index contributed by atoms with van der Waals surface area (Å²) in [5.74, 6) is -3.20. The Morgan fingerprint density at radius 2 is 1.76 bits per heavy atom. The predicted octanol–water partition coefficient (Wildman–Crippen LogP) is 4.08. The molecule has 0 unspecified atom stereocenters. The quantitative estimate of drug-likeness (QED) is 0.782. The molecule has 0 aromatic heterocycles. The third kappa shape index (κ3) is 4.80. The molecule has 1 N–H and O–H groups in total. The van der Waals surface area contributed by atoms with Crippen molar-refractivity contribution in [3.05, 3.63) is 57.6 Å². The molecule has 2 aromatic rings. The summed E-state index contributed by atoms with van der Waals surface area (Å²) in [6, 6.07) is 5.18. The molecule has 25 heavy (non-hydrogen) atoms. The third-order valence-electron chi connectivity index (χ3n) is 2.98. The first-order valence-electron chi connectivity index (χ1n) is 6.77. The van der Waals surface area contributed by atoms with Crippen LogP contribution in [0.5, 0.6) is 5.75 Å². The van der Waals surface area contributed by atoms with E-state index in [1.807, 2.05) is 0 Å². The molecule has 0 aliphatic carbocycles. The maximum atomic E-state index is 13.4. The van der Waals surface area contributed by atoms with E-state index in [2.05, 4.69) is 5.32 Å². The molecule has 0 aliphatic rings. The van der Waals surface area contributed by atoms with Crippen LogP contribution in [0.3, 0.4) is 0 Å². The average molecular weight is 390 g/mol. The smallest absolute Gasteiger partial charge is 0.338 e. The summed E-state index contributed by atoms with van der Waals surface area (Å²) in [6.45, 7) is -0.684. The molecule has 1 amide bonds. The van der Waals surface area contributed by atoms with E-state index in [0.29, 0.717) is 6.07 Å². The van der Waals surface area contributed by atoms with Gasteiger partial charge in [0.2, 0.25) is 0 Å². The van der Waals surface area contributed by atoms with Crippen LogP contribution in [0.4, 0.5) is 14.5 Å². The molecule has 5 nitrogen and oxygen atoms in total. The largest absolute Gasteiger partial charge is 0.494 e. The lowest BCUT2D eigenvalue weighted by molar-refractivity contribution is -0.119. The normalized spacial score (nSPS) is 10.3. The molecule has 0 fully saturated rings. The maximum Gasteiger partial charge on any atom is 0.338 e. The number of halogens is 4. The lowest BCUT2D eigenvalue weighted by atomic mass is 10.2. The number of rotatable bonds is 5. The molecule has 0 saturated carbocycles. The van der Waals surface area contributed by atoms with Crippen LogP contribution in [0.25, 0.3) is 0 Å². The number of nitrogens with one attached hydrogen (secondary N) is 1. The monoisotopic (exact) mass is 389 g/mol. The van der Waals surface area contributed by atoms with E-state index in [4.69, 9.17) is 32.7 Å². The Morgan fingerprint density at radius 3 is 2.32 bits per heavy atom. The average Bonchev–Trinajstić information content (AvgIpc) is 2.55. The van der Waals surface area contributed by atoms with Crippen LogP contribution < -0.4 is 10.1 Å². The van der Waals surface area contributed by atoms with Gasteiger partial charge in [-0.1, -0.05) is 23.2 Å². The number of amides is 1. The minimum Gasteiger partial charge on any atom is -0.494 e. The molecular weight excluding hydrogens is 379 g/mol. The van der Waals surface area contributed by atoms with Gasteiger partial charge in [0, 0.05) is 6.07 Å². The predicted molar refractivity (Wildman–Crippen MR) is 88.3 cm³/mol. The second-order valence-electron chi connectivity index (χ2n) is 4.72. The van der Waals surface area contributed by atoms with Gasteiger partial charge in [-0.3, -0.25) is 4.79 Å². The highest BCUT2D eigenvalue weighted by atomic mass is 35.5. The minimum atomic E-state index is -0.951. The van der Waals surface area contributed by atoms with Gasteiger partial charge in [-0.25, -0.2) is 13.6 Å². The first kappa shape index (κ1) is 19.0. The molecule has 0 radical (unpaired) electrons. The van der Waals surface area contributed by atoms with Crippen LogP contribution in [-0.4, -0.2) is 25.6 Å². The number of methoxy groups -OCH3 is 1. The van der Waals surface area contributed by atoms with E-state index < -0.39 is 30.1 Å². The molecule has 132 valence electrons. The van der Waals surface area contributed by atoms with Gasteiger partial charge < -0.3 is 14.8 Å². The van der Waals surface area contributed by atoms with Gasteiger partial charge >= 0.3 is 5.97 Å². The van der Waals surface area contributed by atoms with Crippen molar-refractivity contribution in [3.63, 3.8) is 0 Å². The Bertz CT molecular complexity index is 807. The van der Waals surface area contributed by atoms with Crippen molar-refractivity contribution in [1.82, 2.24) is 0 Å². The minimum absolute atomic E-state index is 0.0107. The Hall–Kier alpha value is -2.38. The number of benzene rings is 2. The number of esters is 1. The molecule has 0 bridgehead atoms. The number of anilines is 1. The zero-order chi connectivity index (χ0) is 18.6. The van der Waals surface area contributed by atoms with Crippen molar-refractivity contribution in [2.24, 2.45) is 0 Å². The van der Waals surface area contributed by atoms with Crippen LogP contribution in [0, 0.1) is 11.6 Å². The van der Waals surface area contributed by atoms with Crippen molar-refractivity contribution in [2.45, 2.75) is 0 Å². The molecule has 0 atom stereocenters. The number of carbonyl (C=O) groups is 2. The molecule has 2 rings (SSSR count). The molecule has 0 saturated heterocycles. The van der Waals surface area contributed by atoms with Gasteiger partial charge in [-0.05, 0) is 24.3 Å². The van der Waals surface area contributed by atoms with Gasteiger partial charge in [0.25, 0.3) is 5.91 Å². The first-order valence-corrected chi connectivity index (χ1v) is 7.52. The van der Waals surface area contributed by atoms with Crippen LogP contribution in [-0.2, 0) is 9.53 Å². The lowest BCUT2D eigenvalue weighted by Crippen LogP contribution is -2.21. The number of carbonyl (C=O) groups excluding carboxylic acids is 2. The van der Waals surface area contributed by atoms with E-state index in [-0.39, 0.29) is 27.0 Å². The van der Waals surface area contributed by atoms with Crippen molar-refractivity contribution in [1.29, 1.82) is 0 Å². The van der Waals surface area contributed by atoms with E-state index in [1.54, 1.807) is 0 Å². The Morgan fingerprint density at radius 1 is 1.12 bits per heavy atom. The highest BCUT2D eigenvalue weighted by Crippen LogP contribution is 2.33. The molecule has 0 aliphatic heterocycles. The summed E-state index contributed by atoms with van der Waals surface area (Å²) in [5.41, 5.74) is -0.227. The van der Waals surface area contributed by atoms with Gasteiger partial charge in [0.15, 0.2) is 12.4 Å². The van der Waals surface area contributed by atoms with E-state index in [0.717, 1.165) is 12.1 Å². The van der Waals surface area contributed by atoms with E-state index in [1.165, 1.54) is 19.2 Å². The lowest BCUT2D eigenvalue weighted by Gasteiger charge is -2.10. The molecule has 9 heteroatoms. The summed E-state index contributed by atoms with van der Waals surface area (Å²) < 4.78 is 36.0. The fourth-order valence-corrected chi connectivity index (χ4v) is 2.51. The first-order chi connectivity index (χ1) is 11.8. The Balaban J connectivity index is 1.98. The van der Waals surface area contributed by atoms with Gasteiger partial charge in [-0.15, -0.1) is 0 Å². The Kier molecular flexibility index (Phi) is 6.17. The van der Waals surface area contributed by atoms with Crippen LogP contribution in [0.15, 0.2) is 30.3 Å². The van der Waals surface area contributed by atoms with Gasteiger partial charge in [0.1, 0.15) is 11.6 Å². The van der Waals surface area contributed by atoms with Crippen LogP contribution >= 0.6 is 23.2 Å². The van der Waals surface area contributed by atoms with E-state index >= 15 is 0 Å². The second-order valence-corrected chi connectivity index (χ2v) is 5.54. The van der Waals surface area contributed by atoms with Crippen molar-refractivity contribution in [3.8, 4) is 5.75 Å². The van der Waals surface area contributed by atoms with Gasteiger partial charge in [0.05, 0.1) is 28.4 Å². The zero-order valence-corrected chi connectivity index (χ0v) is 14.3. The summed E-state index contributed by atoms with van der Waals surface area (Å²) in [5, 5.41) is 2.35. The number of ether oxygens (including phenoxy) is 2. The van der Waals surface area contributed by atoms with E-state index in [9.17, 15) is 18.4 Å². The Labute approximate surface area is 151 Å². The summed E-state index contributed by atoms with van der Waals surface area (Å²) in [6.07, 6.45) is 0. The molecule has 2 aromatic carbocycles. The van der Waals surface area contributed by atoms with Gasteiger partial charge in [-0.2, -0.15) is 0 Å². The summed E-state index contributed by atoms with van der Waals surface area (Å²) >= 11 is 11.8. The van der Waals surface area contributed by atoms with Crippen LogP contribution in [0.1, 0.15) is 10.4 Å². The second kappa shape index (κ2) is 8.13.